The van der Waals surface area contributed by atoms with Gasteiger partial charge in [0, 0.05) is 4.88 Å². The van der Waals surface area contributed by atoms with Gasteiger partial charge in [0.25, 0.3) is 0 Å². The van der Waals surface area contributed by atoms with Gasteiger partial charge >= 0.3 is 0 Å². The van der Waals surface area contributed by atoms with Crippen LogP contribution in [0.4, 0.5) is 0 Å². The highest BCUT2D eigenvalue weighted by molar-refractivity contribution is 7.10. The summed E-state index contributed by atoms with van der Waals surface area (Å²) in [6, 6.07) is 10.4. The monoisotopic (exact) mass is 294 g/mol. The molecule has 0 saturated heterocycles. The van der Waals surface area contributed by atoms with Gasteiger partial charge in [-0.05, 0) is 34.9 Å². The SMILES string of the molecule is CC(C)Cc1cccc(C(NN)c2sccc2Cl)c1. The Hall–Kier alpha value is -0.870. The molecule has 3 N–H and O–H groups in total. The number of hydrogen-bond donors (Lipinski definition) is 2. The van der Waals surface area contributed by atoms with E-state index in [-0.39, 0.29) is 6.04 Å². The van der Waals surface area contributed by atoms with E-state index >= 15 is 0 Å². The second-order valence-electron chi connectivity index (χ2n) is 5.08. The van der Waals surface area contributed by atoms with Crippen LogP contribution in [0.25, 0.3) is 0 Å². The van der Waals surface area contributed by atoms with Crippen molar-refractivity contribution < 1.29 is 0 Å². The summed E-state index contributed by atoms with van der Waals surface area (Å²) in [5, 5.41) is 2.75. The summed E-state index contributed by atoms with van der Waals surface area (Å²) in [6.45, 7) is 4.45. The molecule has 0 saturated carbocycles. The quantitative estimate of drug-likeness (QED) is 0.642. The molecule has 1 aromatic heterocycles. The largest absolute Gasteiger partial charge is 0.271 e. The van der Waals surface area contributed by atoms with E-state index in [1.165, 1.54) is 5.56 Å². The van der Waals surface area contributed by atoms with Gasteiger partial charge in [0.15, 0.2) is 0 Å². The van der Waals surface area contributed by atoms with Crippen molar-refractivity contribution >= 4 is 22.9 Å². The fraction of sp³-hybridized carbons (Fsp3) is 0.333. The average molecular weight is 295 g/mol. The zero-order valence-corrected chi connectivity index (χ0v) is 12.8. The molecule has 0 aliphatic heterocycles. The van der Waals surface area contributed by atoms with Gasteiger partial charge in [-0.15, -0.1) is 11.3 Å². The summed E-state index contributed by atoms with van der Waals surface area (Å²) in [5.74, 6) is 6.36. The first kappa shape index (κ1) is 14.5. The van der Waals surface area contributed by atoms with Crippen molar-refractivity contribution in [1.29, 1.82) is 0 Å². The van der Waals surface area contributed by atoms with Crippen LogP contribution in [0.15, 0.2) is 35.7 Å². The lowest BCUT2D eigenvalue weighted by atomic mass is 9.98. The highest BCUT2D eigenvalue weighted by Gasteiger charge is 2.17. The molecule has 0 amide bonds. The molecule has 0 radical (unpaired) electrons. The first-order valence-corrected chi connectivity index (χ1v) is 7.65. The molecule has 1 unspecified atom stereocenters. The van der Waals surface area contributed by atoms with Crippen LogP contribution in [-0.2, 0) is 6.42 Å². The Bertz CT molecular complexity index is 536. The molecule has 0 aliphatic rings. The molecular weight excluding hydrogens is 276 g/mol. The maximum Gasteiger partial charge on any atom is 0.0817 e. The van der Waals surface area contributed by atoms with E-state index in [1.54, 1.807) is 11.3 Å². The van der Waals surface area contributed by atoms with Crippen LogP contribution in [-0.4, -0.2) is 0 Å². The predicted octanol–water partition coefficient (Wildman–Crippen LogP) is 4.15. The van der Waals surface area contributed by atoms with Crippen molar-refractivity contribution in [3.63, 3.8) is 0 Å². The number of hydrazine groups is 1. The molecule has 1 heterocycles. The summed E-state index contributed by atoms with van der Waals surface area (Å²) < 4.78 is 0. The number of thiophene rings is 1. The molecule has 4 heteroatoms. The van der Waals surface area contributed by atoms with E-state index in [2.05, 4.69) is 43.5 Å². The lowest BCUT2D eigenvalue weighted by Crippen LogP contribution is -2.28. The van der Waals surface area contributed by atoms with Gasteiger partial charge < -0.3 is 0 Å². The van der Waals surface area contributed by atoms with Crippen molar-refractivity contribution in [3.05, 3.63) is 56.7 Å². The van der Waals surface area contributed by atoms with E-state index < -0.39 is 0 Å². The molecule has 19 heavy (non-hydrogen) atoms. The second-order valence-corrected chi connectivity index (χ2v) is 6.43. The standard InChI is InChI=1S/C15H19ClN2S/c1-10(2)8-11-4-3-5-12(9-11)14(18-17)15-13(16)6-7-19-15/h3-7,9-10,14,18H,8,17H2,1-2H3. The number of halogens is 1. The molecule has 0 spiro atoms. The topological polar surface area (TPSA) is 38.0 Å². The first-order valence-electron chi connectivity index (χ1n) is 6.39. The van der Waals surface area contributed by atoms with Crippen LogP contribution in [0.2, 0.25) is 5.02 Å². The maximum absolute atomic E-state index is 6.20. The molecular formula is C15H19ClN2S. The third-order valence-corrected chi connectivity index (χ3v) is 4.43. The Kier molecular flexibility index (Phi) is 4.99. The molecule has 0 bridgehead atoms. The Morgan fingerprint density at radius 1 is 1.32 bits per heavy atom. The molecule has 0 fully saturated rings. The van der Waals surface area contributed by atoms with Crippen LogP contribution in [0.3, 0.4) is 0 Å². The minimum absolute atomic E-state index is 0.0420. The van der Waals surface area contributed by atoms with E-state index in [0.717, 1.165) is 21.9 Å². The van der Waals surface area contributed by atoms with E-state index in [4.69, 9.17) is 17.4 Å². The Morgan fingerprint density at radius 3 is 2.68 bits per heavy atom. The van der Waals surface area contributed by atoms with E-state index in [0.29, 0.717) is 5.92 Å². The van der Waals surface area contributed by atoms with Crippen molar-refractivity contribution in [2.75, 3.05) is 0 Å². The molecule has 102 valence electrons. The number of rotatable bonds is 5. The number of nitrogens with two attached hydrogens (primary N) is 1. The number of benzene rings is 1. The van der Waals surface area contributed by atoms with Gasteiger partial charge in [0.05, 0.1) is 11.1 Å². The zero-order chi connectivity index (χ0) is 13.8. The maximum atomic E-state index is 6.20. The summed E-state index contributed by atoms with van der Waals surface area (Å²) in [5.41, 5.74) is 5.36. The second kappa shape index (κ2) is 6.53. The normalized spacial score (nSPS) is 12.9. The van der Waals surface area contributed by atoms with Crippen LogP contribution in [0.1, 0.15) is 35.9 Å². The van der Waals surface area contributed by atoms with Crippen molar-refractivity contribution in [3.8, 4) is 0 Å². The van der Waals surface area contributed by atoms with Crippen molar-refractivity contribution in [2.24, 2.45) is 11.8 Å². The lowest BCUT2D eigenvalue weighted by molar-refractivity contribution is 0.633. The highest BCUT2D eigenvalue weighted by Crippen LogP contribution is 2.32. The fourth-order valence-corrected chi connectivity index (χ4v) is 3.46. The third kappa shape index (κ3) is 3.57. The van der Waals surface area contributed by atoms with Crippen LogP contribution < -0.4 is 11.3 Å². The summed E-state index contributed by atoms with van der Waals surface area (Å²) in [6.07, 6.45) is 1.07. The minimum Gasteiger partial charge on any atom is -0.271 e. The summed E-state index contributed by atoms with van der Waals surface area (Å²) in [4.78, 5) is 1.06. The van der Waals surface area contributed by atoms with Gasteiger partial charge in [0.1, 0.15) is 0 Å². The van der Waals surface area contributed by atoms with Crippen molar-refractivity contribution in [1.82, 2.24) is 5.43 Å². The van der Waals surface area contributed by atoms with Crippen molar-refractivity contribution in [2.45, 2.75) is 26.3 Å². The summed E-state index contributed by atoms with van der Waals surface area (Å²) >= 11 is 7.82. The van der Waals surface area contributed by atoms with E-state index in [9.17, 15) is 0 Å². The molecule has 1 atom stereocenters. The fourth-order valence-electron chi connectivity index (χ4n) is 2.21. The molecule has 2 rings (SSSR count). The van der Waals surface area contributed by atoms with Gasteiger partial charge in [0.2, 0.25) is 0 Å². The zero-order valence-electron chi connectivity index (χ0n) is 11.2. The van der Waals surface area contributed by atoms with Gasteiger partial charge in [-0.25, -0.2) is 5.43 Å². The lowest BCUT2D eigenvalue weighted by Gasteiger charge is -2.17. The van der Waals surface area contributed by atoms with Gasteiger partial charge in [-0.2, -0.15) is 0 Å². The summed E-state index contributed by atoms with van der Waals surface area (Å²) in [7, 11) is 0. The predicted molar refractivity (Wildman–Crippen MR) is 83.5 cm³/mol. The molecule has 2 aromatic rings. The van der Waals surface area contributed by atoms with Crippen LogP contribution in [0.5, 0.6) is 0 Å². The molecule has 1 aromatic carbocycles. The van der Waals surface area contributed by atoms with Gasteiger partial charge in [-0.3, -0.25) is 5.84 Å². The third-order valence-electron chi connectivity index (χ3n) is 3.00. The number of hydrogen-bond acceptors (Lipinski definition) is 3. The number of nitrogens with one attached hydrogen (secondary N) is 1. The highest BCUT2D eigenvalue weighted by atomic mass is 35.5. The smallest absolute Gasteiger partial charge is 0.0817 e. The van der Waals surface area contributed by atoms with Gasteiger partial charge in [-0.1, -0.05) is 49.7 Å². The minimum atomic E-state index is -0.0420. The molecule has 2 nitrogen and oxygen atoms in total. The Labute approximate surface area is 123 Å². The Morgan fingerprint density at radius 2 is 2.11 bits per heavy atom. The van der Waals surface area contributed by atoms with Crippen LogP contribution >= 0.6 is 22.9 Å². The van der Waals surface area contributed by atoms with E-state index in [1.807, 2.05) is 11.4 Å². The Balaban J connectivity index is 2.31. The molecule has 0 aliphatic carbocycles. The van der Waals surface area contributed by atoms with Crippen LogP contribution in [0, 0.1) is 5.92 Å². The average Bonchev–Trinajstić information content (AvgIpc) is 2.77. The first-order chi connectivity index (χ1) is 9.11.